The summed E-state index contributed by atoms with van der Waals surface area (Å²) in [7, 11) is 1.56. The van der Waals surface area contributed by atoms with Gasteiger partial charge < -0.3 is 19.0 Å². The van der Waals surface area contributed by atoms with Crippen molar-refractivity contribution >= 4 is 50.1 Å². The quantitative estimate of drug-likeness (QED) is 0.468. The Morgan fingerprint density at radius 2 is 2.04 bits per heavy atom. The van der Waals surface area contributed by atoms with E-state index in [1.807, 2.05) is 6.07 Å². The number of fused-ring (bicyclic) bond motifs is 1. The summed E-state index contributed by atoms with van der Waals surface area (Å²) >= 11 is 7.70. The number of anilines is 1. The molecule has 4 rings (SSSR count). The van der Waals surface area contributed by atoms with E-state index in [1.54, 1.807) is 18.1 Å². The van der Waals surface area contributed by atoms with Crippen LogP contribution in [0.4, 0.5) is 11.0 Å². The van der Waals surface area contributed by atoms with Crippen LogP contribution in [-0.2, 0) is 0 Å². The van der Waals surface area contributed by atoms with Crippen molar-refractivity contribution in [1.82, 2.24) is 9.88 Å². The smallest absolute Gasteiger partial charge is 0.433 e. The van der Waals surface area contributed by atoms with Crippen LogP contribution in [0, 0.1) is 10.1 Å². The Bertz CT molecular complexity index is 1060. The fourth-order valence-corrected chi connectivity index (χ4v) is 4.31. The predicted molar refractivity (Wildman–Crippen MR) is 105 cm³/mol. The standard InChI is InChI=1S/C17H15ClN4O5S/c1-26-15-10(18)2-4-12-14(15)19-17(28-12)21-8-6-20(7-9-21)16(23)11-3-5-13(27-11)22(24)25/h2-5H,6-9H2,1H3. The van der Waals surface area contributed by atoms with E-state index in [1.165, 1.54) is 23.5 Å². The predicted octanol–water partition coefficient (Wildman–Crippen LogP) is 3.42. The Morgan fingerprint density at radius 3 is 2.68 bits per heavy atom. The van der Waals surface area contributed by atoms with Crippen molar-refractivity contribution in [2.45, 2.75) is 0 Å². The number of nitro groups is 1. The van der Waals surface area contributed by atoms with Gasteiger partial charge in [0.1, 0.15) is 10.4 Å². The van der Waals surface area contributed by atoms with Crippen LogP contribution in [0.3, 0.4) is 0 Å². The molecule has 146 valence electrons. The number of piperazine rings is 1. The molecule has 28 heavy (non-hydrogen) atoms. The SMILES string of the molecule is COc1c(Cl)ccc2sc(N3CCN(C(=O)c4ccc([N+](=O)[O-])o4)CC3)nc12. The second kappa shape index (κ2) is 7.28. The van der Waals surface area contributed by atoms with Gasteiger partial charge in [-0.25, -0.2) is 4.98 Å². The molecule has 0 radical (unpaired) electrons. The summed E-state index contributed by atoms with van der Waals surface area (Å²) in [4.78, 5) is 30.9. The zero-order chi connectivity index (χ0) is 19.8. The zero-order valence-corrected chi connectivity index (χ0v) is 16.3. The van der Waals surface area contributed by atoms with Gasteiger partial charge in [-0.2, -0.15) is 0 Å². The second-order valence-corrected chi connectivity index (χ2v) is 7.51. The molecular formula is C17H15ClN4O5S. The summed E-state index contributed by atoms with van der Waals surface area (Å²) in [6.07, 6.45) is 0. The van der Waals surface area contributed by atoms with E-state index in [9.17, 15) is 14.9 Å². The average Bonchev–Trinajstić information content (AvgIpc) is 3.35. The highest BCUT2D eigenvalue weighted by molar-refractivity contribution is 7.22. The van der Waals surface area contributed by atoms with Crippen LogP contribution in [-0.4, -0.2) is 54.0 Å². The number of aromatic nitrogens is 1. The van der Waals surface area contributed by atoms with Crippen molar-refractivity contribution in [3.8, 4) is 5.75 Å². The number of nitrogens with zero attached hydrogens (tertiary/aromatic N) is 4. The van der Waals surface area contributed by atoms with Crippen LogP contribution >= 0.6 is 22.9 Å². The van der Waals surface area contributed by atoms with Crippen LogP contribution in [0.25, 0.3) is 10.2 Å². The molecule has 9 nitrogen and oxygen atoms in total. The first-order valence-corrected chi connectivity index (χ1v) is 9.59. The van der Waals surface area contributed by atoms with Crippen molar-refractivity contribution < 1.29 is 18.9 Å². The molecule has 0 atom stereocenters. The van der Waals surface area contributed by atoms with Crippen LogP contribution in [0.1, 0.15) is 10.6 Å². The third-order valence-corrected chi connectivity index (χ3v) is 5.86. The minimum atomic E-state index is -0.664. The maximum absolute atomic E-state index is 12.5. The number of thiazole rings is 1. The topological polar surface area (TPSA) is 102 Å². The number of furan rings is 1. The monoisotopic (exact) mass is 422 g/mol. The van der Waals surface area contributed by atoms with E-state index in [-0.39, 0.29) is 11.7 Å². The molecule has 2 aromatic heterocycles. The highest BCUT2D eigenvalue weighted by atomic mass is 35.5. The fourth-order valence-electron chi connectivity index (χ4n) is 3.06. The van der Waals surface area contributed by atoms with Crippen LogP contribution in [0.2, 0.25) is 5.02 Å². The number of rotatable bonds is 4. The van der Waals surface area contributed by atoms with Crippen molar-refractivity contribution in [1.29, 1.82) is 0 Å². The number of methoxy groups -OCH3 is 1. The van der Waals surface area contributed by atoms with Gasteiger partial charge in [0.05, 0.1) is 22.9 Å². The number of carbonyl (C=O) groups excluding carboxylic acids is 1. The van der Waals surface area contributed by atoms with Crippen molar-refractivity contribution in [2.24, 2.45) is 0 Å². The Kier molecular flexibility index (Phi) is 4.82. The van der Waals surface area contributed by atoms with Crippen molar-refractivity contribution in [3.05, 3.63) is 45.2 Å². The molecule has 0 bridgehead atoms. The fraction of sp³-hybridized carbons (Fsp3) is 0.294. The van der Waals surface area contributed by atoms with Gasteiger partial charge in [-0.15, -0.1) is 0 Å². The molecular weight excluding hydrogens is 408 g/mol. The Balaban J connectivity index is 1.47. The molecule has 0 saturated carbocycles. The number of benzene rings is 1. The molecule has 0 unspecified atom stereocenters. The second-order valence-electron chi connectivity index (χ2n) is 6.10. The number of ether oxygens (including phenoxy) is 1. The van der Waals surface area contributed by atoms with Gasteiger partial charge in [-0.1, -0.05) is 22.9 Å². The van der Waals surface area contributed by atoms with Gasteiger partial charge in [-0.3, -0.25) is 14.9 Å². The summed E-state index contributed by atoms with van der Waals surface area (Å²) in [5, 5.41) is 12.0. The first-order chi connectivity index (χ1) is 13.5. The van der Waals surface area contributed by atoms with Crippen LogP contribution < -0.4 is 9.64 Å². The van der Waals surface area contributed by atoms with E-state index in [0.29, 0.717) is 37.0 Å². The summed E-state index contributed by atoms with van der Waals surface area (Å²) in [5.41, 5.74) is 0.719. The molecule has 1 amide bonds. The Morgan fingerprint density at radius 1 is 1.29 bits per heavy atom. The van der Waals surface area contributed by atoms with Gasteiger partial charge in [0.25, 0.3) is 5.91 Å². The summed E-state index contributed by atoms with van der Waals surface area (Å²) in [5.74, 6) is -0.274. The molecule has 1 saturated heterocycles. The minimum absolute atomic E-state index is 0.0282. The minimum Gasteiger partial charge on any atom is -0.493 e. The third-order valence-electron chi connectivity index (χ3n) is 4.48. The van der Waals surface area contributed by atoms with Crippen molar-refractivity contribution in [2.75, 3.05) is 38.2 Å². The molecule has 3 heterocycles. The van der Waals surface area contributed by atoms with E-state index >= 15 is 0 Å². The lowest BCUT2D eigenvalue weighted by Gasteiger charge is -2.34. The Labute approximate surface area is 168 Å². The molecule has 1 aliphatic rings. The molecule has 1 fully saturated rings. The van der Waals surface area contributed by atoms with Crippen molar-refractivity contribution in [3.63, 3.8) is 0 Å². The van der Waals surface area contributed by atoms with E-state index in [4.69, 9.17) is 20.8 Å². The lowest BCUT2D eigenvalue weighted by molar-refractivity contribution is -0.402. The van der Waals surface area contributed by atoms with Gasteiger partial charge in [0.15, 0.2) is 16.6 Å². The largest absolute Gasteiger partial charge is 0.493 e. The lowest BCUT2D eigenvalue weighted by Crippen LogP contribution is -2.48. The van der Waals surface area contributed by atoms with E-state index < -0.39 is 10.8 Å². The number of halogens is 1. The van der Waals surface area contributed by atoms with Crippen LogP contribution in [0.15, 0.2) is 28.7 Å². The summed E-state index contributed by atoms with van der Waals surface area (Å²) in [6.45, 7) is 2.09. The lowest BCUT2D eigenvalue weighted by atomic mass is 10.3. The first kappa shape index (κ1) is 18.5. The molecule has 1 aromatic carbocycles. The maximum atomic E-state index is 12.5. The molecule has 0 spiro atoms. The zero-order valence-electron chi connectivity index (χ0n) is 14.8. The van der Waals surface area contributed by atoms with E-state index in [0.717, 1.165) is 15.3 Å². The first-order valence-electron chi connectivity index (χ1n) is 8.39. The Hall–Kier alpha value is -2.85. The molecule has 3 aromatic rings. The number of hydrogen-bond acceptors (Lipinski definition) is 8. The van der Waals surface area contributed by atoms with Gasteiger partial charge in [0.2, 0.25) is 0 Å². The number of hydrogen-bond donors (Lipinski definition) is 0. The molecule has 0 aliphatic carbocycles. The normalized spacial score (nSPS) is 14.5. The molecule has 0 N–H and O–H groups in total. The highest BCUT2D eigenvalue weighted by Crippen LogP contribution is 2.38. The molecule has 1 aliphatic heterocycles. The summed E-state index contributed by atoms with van der Waals surface area (Å²) in [6, 6.07) is 6.20. The maximum Gasteiger partial charge on any atom is 0.433 e. The van der Waals surface area contributed by atoms with Gasteiger partial charge >= 0.3 is 5.88 Å². The molecule has 11 heteroatoms. The number of amides is 1. The summed E-state index contributed by atoms with van der Waals surface area (Å²) < 4.78 is 11.3. The van der Waals surface area contributed by atoms with Gasteiger partial charge in [0, 0.05) is 26.2 Å². The van der Waals surface area contributed by atoms with Gasteiger partial charge in [-0.05, 0) is 18.2 Å². The third kappa shape index (κ3) is 3.25. The van der Waals surface area contributed by atoms with Crippen LogP contribution in [0.5, 0.6) is 5.75 Å². The number of carbonyl (C=O) groups is 1. The highest BCUT2D eigenvalue weighted by Gasteiger charge is 2.27. The van der Waals surface area contributed by atoms with E-state index in [2.05, 4.69) is 9.88 Å². The average molecular weight is 423 g/mol.